The maximum Gasteiger partial charge on any atom is 0.147 e. The molecular weight excluding hydrogens is 237 g/mol. The van der Waals surface area contributed by atoms with Gasteiger partial charge in [-0.1, -0.05) is 11.3 Å². The van der Waals surface area contributed by atoms with Gasteiger partial charge in [0.1, 0.15) is 15.8 Å². The Morgan fingerprint density at radius 3 is 2.82 bits per heavy atom. The summed E-state index contributed by atoms with van der Waals surface area (Å²) in [6.07, 6.45) is 1.74. The molecule has 0 amide bonds. The lowest BCUT2D eigenvalue weighted by atomic mass is 10.1. The Kier molecular flexibility index (Phi) is 3.81. The second-order valence-electron chi connectivity index (χ2n) is 3.91. The average molecular weight is 251 g/mol. The molecule has 2 N–H and O–H groups in total. The molecule has 0 bridgehead atoms. The second-order valence-corrected chi connectivity index (χ2v) is 4.97. The van der Waals surface area contributed by atoms with Gasteiger partial charge in [0, 0.05) is 12.0 Å². The summed E-state index contributed by atoms with van der Waals surface area (Å²) < 4.78 is 13.3. The summed E-state index contributed by atoms with van der Waals surface area (Å²) in [7, 11) is 0. The molecule has 3 nitrogen and oxygen atoms in total. The Hall–Kier alpha value is -1.33. The van der Waals surface area contributed by atoms with Crippen LogP contribution in [-0.4, -0.2) is 16.7 Å². The van der Waals surface area contributed by atoms with Crippen LogP contribution in [0.3, 0.4) is 0 Å². The first-order valence-electron chi connectivity index (χ1n) is 5.49. The lowest BCUT2D eigenvalue weighted by Crippen LogP contribution is -1.99. The van der Waals surface area contributed by atoms with Gasteiger partial charge >= 0.3 is 0 Å². The van der Waals surface area contributed by atoms with Gasteiger partial charge in [0.25, 0.3) is 0 Å². The maximum absolute atomic E-state index is 13.3. The fourth-order valence-electron chi connectivity index (χ4n) is 1.58. The fraction of sp³-hybridized carbons (Fsp3) is 0.333. The number of rotatable bonds is 4. The number of nitrogens with two attached hydrogens (primary N) is 1. The standard InChI is InChI=1S/C12H14FN3S/c1-8-5-9(7-10(13)6-8)12-16-15-11(17-12)3-2-4-14/h5-7H,2-4,14H2,1H3. The summed E-state index contributed by atoms with van der Waals surface area (Å²) in [5.74, 6) is -0.237. The van der Waals surface area contributed by atoms with Crippen molar-refractivity contribution in [1.29, 1.82) is 0 Å². The Labute approximate surface area is 104 Å². The minimum atomic E-state index is -0.237. The molecule has 1 heterocycles. The van der Waals surface area contributed by atoms with Crippen LogP contribution in [0, 0.1) is 12.7 Å². The molecule has 1 aromatic heterocycles. The second kappa shape index (κ2) is 5.33. The monoisotopic (exact) mass is 251 g/mol. The highest BCUT2D eigenvalue weighted by Gasteiger charge is 2.08. The molecule has 90 valence electrons. The van der Waals surface area contributed by atoms with Gasteiger partial charge in [-0.05, 0) is 43.7 Å². The summed E-state index contributed by atoms with van der Waals surface area (Å²) in [4.78, 5) is 0. The van der Waals surface area contributed by atoms with Crippen molar-refractivity contribution in [3.8, 4) is 10.6 Å². The van der Waals surface area contributed by atoms with Crippen molar-refractivity contribution < 1.29 is 4.39 Å². The van der Waals surface area contributed by atoms with Gasteiger partial charge < -0.3 is 5.73 Å². The van der Waals surface area contributed by atoms with E-state index in [1.54, 1.807) is 0 Å². The SMILES string of the molecule is Cc1cc(F)cc(-c2nnc(CCCN)s2)c1. The highest BCUT2D eigenvalue weighted by Crippen LogP contribution is 2.25. The predicted octanol–water partition coefficient (Wildman–Crippen LogP) is 2.54. The molecule has 0 aliphatic carbocycles. The smallest absolute Gasteiger partial charge is 0.147 e. The van der Waals surface area contributed by atoms with Crippen LogP contribution in [0.25, 0.3) is 10.6 Å². The number of hydrogen-bond acceptors (Lipinski definition) is 4. The maximum atomic E-state index is 13.3. The van der Waals surface area contributed by atoms with Crippen LogP contribution < -0.4 is 5.73 Å². The molecule has 0 atom stereocenters. The lowest BCUT2D eigenvalue weighted by molar-refractivity contribution is 0.627. The minimum Gasteiger partial charge on any atom is -0.330 e. The number of halogens is 1. The van der Waals surface area contributed by atoms with Crippen molar-refractivity contribution in [1.82, 2.24) is 10.2 Å². The van der Waals surface area contributed by atoms with Crippen LogP contribution in [0.2, 0.25) is 0 Å². The quantitative estimate of drug-likeness (QED) is 0.908. The van der Waals surface area contributed by atoms with Crippen molar-refractivity contribution in [2.45, 2.75) is 19.8 Å². The third-order valence-corrected chi connectivity index (χ3v) is 3.38. The Morgan fingerprint density at radius 2 is 2.12 bits per heavy atom. The molecule has 1 aromatic carbocycles. The van der Waals surface area contributed by atoms with E-state index < -0.39 is 0 Å². The minimum absolute atomic E-state index is 0.237. The van der Waals surface area contributed by atoms with Crippen LogP contribution in [0.1, 0.15) is 17.0 Å². The zero-order valence-corrected chi connectivity index (χ0v) is 10.4. The Bertz CT molecular complexity index is 490. The topological polar surface area (TPSA) is 51.8 Å². The van der Waals surface area contributed by atoms with Gasteiger partial charge in [0.15, 0.2) is 0 Å². The van der Waals surface area contributed by atoms with E-state index in [1.807, 2.05) is 13.0 Å². The van der Waals surface area contributed by atoms with Gasteiger partial charge in [-0.2, -0.15) is 0 Å². The first-order valence-corrected chi connectivity index (χ1v) is 6.30. The van der Waals surface area contributed by atoms with E-state index in [1.165, 1.54) is 23.5 Å². The van der Waals surface area contributed by atoms with Crippen LogP contribution in [-0.2, 0) is 6.42 Å². The molecule has 5 heteroatoms. The summed E-state index contributed by atoms with van der Waals surface area (Å²) in [5.41, 5.74) is 7.12. The fourth-order valence-corrected chi connectivity index (χ4v) is 2.45. The summed E-state index contributed by atoms with van der Waals surface area (Å²) in [5, 5.41) is 9.88. The molecule has 17 heavy (non-hydrogen) atoms. The Morgan fingerprint density at radius 1 is 1.29 bits per heavy atom. The van der Waals surface area contributed by atoms with E-state index in [2.05, 4.69) is 10.2 Å². The molecule has 0 radical (unpaired) electrons. The number of benzene rings is 1. The van der Waals surface area contributed by atoms with Crippen LogP contribution in [0.15, 0.2) is 18.2 Å². The lowest BCUT2D eigenvalue weighted by Gasteiger charge is -1.98. The third kappa shape index (κ3) is 3.08. The molecule has 0 unspecified atom stereocenters. The van der Waals surface area contributed by atoms with E-state index in [0.717, 1.165) is 34.0 Å². The summed E-state index contributed by atoms with van der Waals surface area (Å²) in [6.45, 7) is 2.51. The predicted molar refractivity (Wildman–Crippen MR) is 67.4 cm³/mol. The van der Waals surface area contributed by atoms with Crippen LogP contribution in [0.5, 0.6) is 0 Å². The molecule has 2 aromatic rings. The normalized spacial score (nSPS) is 10.8. The number of hydrogen-bond donors (Lipinski definition) is 1. The Balaban J connectivity index is 2.24. The molecule has 2 rings (SSSR count). The van der Waals surface area contributed by atoms with E-state index in [-0.39, 0.29) is 5.82 Å². The molecular formula is C12H14FN3S. The molecule has 0 fully saturated rings. The highest BCUT2D eigenvalue weighted by molar-refractivity contribution is 7.14. The van der Waals surface area contributed by atoms with Crippen molar-refractivity contribution in [2.24, 2.45) is 5.73 Å². The van der Waals surface area contributed by atoms with Gasteiger partial charge in [-0.15, -0.1) is 10.2 Å². The van der Waals surface area contributed by atoms with E-state index in [4.69, 9.17) is 5.73 Å². The first-order chi connectivity index (χ1) is 8.19. The summed E-state index contributed by atoms with van der Waals surface area (Å²) in [6, 6.07) is 4.90. The molecule has 0 saturated heterocycles. The number of aromatic nitrogens is 2. The van der Waals surface area contributed by atoms with E-state index >= 15 is 0 Å². The molecule has 0 spiro atoms. The van der Waals surface area contributed by atoms with Gasteiger partial charge in [-0.3, -0.25) is 0 Å². The zero-order valence-electron chi connectivity index (χ0n) is 9.61. The molecule has 0 aliphatic rings. The number of aryl methyl sites for hydroxylation is 2. The molecule has 0 aliphatic heterocycles. The van der Waals surface area contributed by atoms with Gasteiger partial charge in [0.2, 0.25) is 0 Å². The van der Waals surface area contributed by atoms with Crippen molar-refractivity contribution in [3.63, 3.8) is 0 Å². The number of nitrogens with zero attached hydrogens (tertiary/aromatic N) is 2. The van der Waals surface area contributed by atoms with E-state index in [0.29, 0.717) is 6.54 Å². The highest BCUT2D eigenvalue weighted by atomic mass is 32.1. The van der Waals surface area contributed by atoms with Crippen molar-refractivity contribution in [2.75, 3.05) is 6.54 Å². The van der Waals surface area contributed by atoms with E-state index in [9.17, 15) is 4.39 Å². The van der Waals surface area contributed by atoms with Crippen LogP contribution in [0.4, 0.5) is 4.39 Å². The van der Waals surface area contributed by atoms with Crippen LogP contribution >= 0.6 is 11.3 Å². The summed E-state index contributed by atoms with van der Waals surface area (Å²) >= 11 is 1.50. The third-order valence-electron chi connectivity index (χ3n) is 2.35. The van der Waals surface area contributed by atoms with Crippen molar-refractivity contribution in [3.05, 3.63) is 34.6 Å². The van der Waals surface area contributed by atoms with Gasteiger partial charge in [-0.25, -0.2) is 4.39 Å². The van der Waals surface area contributed by atoms with Crippen molar-refractivity contribution >= 4 is 11.3 Å². The average Bonchev–Trinajstić information content (AvgIpc) is 2.73. The van der Waals surface area contributed by atoms with Gasteiger partial charge in [0.05, 0.1) is 0 Å². The zero-order chi connectivity index (χ0) is 12.3. The first kappa shape index (κ1) is 12.1. The molecule has 0 saturated carbocycles. The largest absolute Gasteiger partial charge is 0.330 e.